The van der Waals surface area contributed by atoms with Gasteiger partial charge in [-0.3, -0.25) is 0 Å². The first kappa shape index (κ1) is 19.7. The fraction of sp³-hybridized carbons (Fsp3) is 0.136. The van der Waals surface area contributed by atoms with Crippen LogP contribution in [0.3, 0.4) is 0 Å². The summed E-state index contributed by atoms with van der Waals surface area (Å²) in [6, 6.07) is 26.3. The number of thiocarbonyl (C=S) groups is 1. The average molecular weight is 415 g/mol. The lowest BCUT2D eigenvalue weighted by atomic mass is 9.91. The minimum absolute atomic E-state index is 0.214. The Balaban J connectivity index is 1.62. The predicted molar refractivity (Wildman–Crippen MR) is 119 cm³/mol. The highest BCUT2D eigenvalue weighted by Gasteiger charge is 2.14. The van der Waals surface area contributed by atoms with Crippen molar-refractivity contribution < 1.29 is 0 Å². The predicted octanol–water partition coefficient (Wildman–Crippen LogP) is 5.79. The maximum atomic E-state index is 6.21. The Morgan fingerprint density at radius 3 is 1.96 bits per heavy atom. The van der Waals surface area contributed by atoms with Gasteiger partial charge in [-0.25, -0.2) is 0 Å². The van der Waals surface area contributed by atoms with Gasteiger partial charge in [0.25, 0.3) is 0 Å². The number of hydrogen-bond acceptors (Lipinski definition) is 1. The van der Waals surface area contributed by atoms with Gasteiger partial charge in [0.1, 0.15) is 0 Å². The topological polar surface area (TPSA) is 24.1 Å². The fourth-order valence-electron chi connectivity index (χ4n) is 2.90. The Morgan fingerprint density at radius 2 is 1.41 bits per heavy atom. The largest absolute Gasteiger partial charge is 0.362 e. The van der Waals surface area contributed by atoms with E-state index >= 15 is 0 Å². The minimum Gasteiger partial charge on any atom is -0.362 e. The van der Waals surface area contributed by atoms with E-state index in [2.05, 4.69) is 59.2 Å². The maximum Gasteiger partial charge on any atom is 0.166 e. The lowest BCUT2D eigenvalue weighted by Gasteiger charge is -2.20. The zero-order valence-corrected chi connectivity index (χ0v) is 17.0. The summed E-state index contributed by atoms with van der Waals surface area (Å²) in [7, 11) is 0. The quantitative estimate of drug-likeness (QED) is 0.499. The van der Waals surface area contributed by atoms with Crippen molar-refractivity contribution in [1.29, 1.82) is 0 Å². The van der Waals surface area contributed by atoms with E-state index < -0.39 is 0 Å². The van der Waals surface area contributed by atoms with Crippen molar-refractivity contribution in [3.63, 3.8) is 0 Å². The summed E-state index contributed by atoms with van der Waals surface area (Å²) in [5.74, 6) is 0.214. The molecule has 27 heavy (non-hydrogen) atoms. The van der Waals surface area contributed by atoms with Crippen LogP contribution in [-0.4, -0.2) is 11.7 Å². The molecule has 138 valence electrons. The molecule has 3 aromatic carbocycles. The number of nitrogens with one attached hydrogen (secondary N) is 2. The van der Waals surface area contributed by atoms with Crippen molar-refractivity contribution in [2.24, 2.45) is 0 Å². The maximum absolute atomic E-state index is 6.21. The number of benzene rings is 3. The molecule has 0 bridgehead atoms. The summed E-state index contributed by atoms with van der Waals surface area (Å²) in [6.07, 6.45) is 0. The van der Waals surface area contributed by atoms with E-state index in [1.54, 1.807) is 6.07 Å². The van der Waals surface area contributed by atoms with Crippen LogP contribution in [0.25, 0.3) is 0 Å². The van der Waals surface area contributed by atoms with Gasteiger partial charge >= 0.3 is 0 Å². The van der Waals surface area contributed by atoms with E-state index in [9.17, 15) is 0 Å². The SMILES string of the molecule is S=C(NCc1ccc(Cl)cc1Cl)NCC(c1ccccc1)c1ccccc1. The molecule has 3 aromatic rings. The average Bonchev–Trinajstić information content (AvgIpc) is 2.69. The molecule has 0 unspecified atom stereocenters. The highest BCUT2D eigenvalue weighted by Crippen LogP contribution is 2.24. The van der Waals surface area contributed by atoms with Crippen LogP contribution >= 0.6 is 35.4 Å². The van der Waals surface area contributed by atoms with E-state index in [1.165, 1.54) is 11.1 Å². The molecule has 0 amide bonds. The summed E-state index contributed by atoms with van der Waals surface area (Å²) in [5.41, 5.74) is 3.45. The van der Waals surface area contributed by atoms with Crippen LogP contribution in [0.5, 0.6) is 0 Å². The Bertz CT molecular complexity index is 846. The molecule has 3 rings (SSSR count). The molecule has 0 spiro atoms. The van der Waals surface area contributed by atoms with E-state index in [0.29, 0.717) is 28.2 Å². The molecule has 0 fully saturated rings. The molecule has 0 heterocycles. The molecule has 0 saturated carbocycles. The summed E-state index contributed by atoms with van der Waals surface area (Å²) in [6.45, 7) is 1.25. The standard InChI is InChI=1S/C22H20Cl2N2S/c23-19-12-11-18(21(24)13-19)14-25-22(27)26-15-20(16-7-3-1-4-8-16)17-9-5-2-6-10-17/h1-13,20H,14-15H2,(H2,25,26,27). The zero-order valence-electron chi connectivity index (χ0n) is 14.7. The van der Waals surface area contributed by atoms with Gasteiger partial charge in [0.05, 0.1) is 0 Å². The Kier molecular flexibility index (Phi) is 7.11. The van der Waals surface area contributed by atoms with E-state index in [-0.39, 0.29) is 5.92 Å². The number of hydrogen-bond donors (Lipinski definition) is 2. The molecule has 0 atom stereocenters. The van der Waals surface area contributed by atoms with Crippen molar-refractivity contribution in [2.75, 3.05) is 6.54 Å². The van der Waals surface area contributed by atoms with Crippen LogP contribution in [0.1, 0.15) is 22.6 Å². The van der Waals surface area contributed by atoms with Crippen LogP contribution in [0.4, 0.5) is 0 Å². The first-order valence-electron chi connectivity index (χ1n) is 8.69. The Labute approximate surface area is 175 Å². The van der Waals surface area contributed by atoms with Crippen molar-refractivity contribution in [1.82, 2.24) is 10.6 Å². The van der Waals surface area contributed by atoms with Crippen molar-refractivity contribution in [2.45, 2.75) is 12.5 Å². The third kappa shape index (κ3) is 5.70. The lowest BCUT2D eigenvalue weighted by molar-refractivity contribution is 0.739. The molecule has 0 aliphatic rings. The van der Waals surface area contributed by atoms with E-state index in [0.717, 1.165) is 5.56 Å². The second kappa shape index (κ2) is 9.75. The van der Waals surface area contributed by atoms with Crippen molar-refractivity contribution >= 4 is 40.5 Å². The summed E-state index contributed by atoms with van der Waals surface area (Å²) in [4.78, 5) is 0. The highest BCUT2D eigenvalue weighted by molar-refractivity contribution is 7.80. The summed E-state index contributed by atoms with van der Waals surface area (Å²) in [5, 5.41) is 8.39. The molecule has 2 N–H and O–H groups in total. The summed E-state index contributed by atoms with van der Waals surface area (Å²) >= 11 is 17.6. The van der Waals surface area contributed by atoms with E-state index in [1.807, 2.05) is 24.3 Å². The Hall–Kier alpha value is -2.07. The smallest absolute Gasteiger partial charge is 0.166 e. The lowest BCUT2D eigenvalue weighted by Crippen LogP contribution is -2.37. The molecule has 0 radical (unpaired) electrons. The first-order chi connectivity index (χ1) is 13.1. The molecule has 0 aliphatic carbocycles. The fourth-order valence-corrected chi connectivity index (χ4v) is 3.53. The first-order valence-corrected chi connectivity index (χ1v) is 9.85. The molecule has 0 aliphatic heterocycles. The van der Waals surface area contributed by atoms with Crippen LogP contribution in [0, 0.1) is 0 Å². The zero-order chi connectivity index (χ0) is 19.1. The van der Waals surface area contributed by atoms with Gasteiger partial charge in [0.2, 0.25) is 0 Å². The molecule has 5 heteroatoms. The van der Waals surface area contributed by atoms with Gasteiger partial charge in [0.15, 0.2) is 5.11 Å². The monoisotopic (exact) mass is 414 g/mol. The second-order valence-electron chi connectivity index (χ2n) is 6.17. The van der Waals surface area contributed by atoms with Gasteiger partial charge in [-0.15, -0.1) is 0 Å². The molecule has 2 nitrogen and oxygen atoms in total. The normalized spacial score (nSPS) is 10.6. The van der Waals surface area contributed by atoms with Crippen molar-refractivity contribution in [3.8, 4) is 0 Å². The van der Waals surface area contributed by atoms with Crippen LogP contribution in [0.2, 0.25) is 10.0 Å². The number of rotatable bonds is 6. The van der Waals surface area contributed by atoms with Gasteiger partial charge in [-0.2, -0.15) is 0 Å². The van der Waals surface area contributed by atoms with Gasteiger partial charge in [-0.05, 0) is 41.0 Å². The molecule has 0 saturated heterocycles. The van der Waals surface area contributed by atoms with Gasteiger partial charge in [-0.1, -0.05) is 89.9 Å². The van der Waals surface area contributed by atoms with Crippen LogP contribution in [-0.2, 0) is 6.54 Å². The second-order valence-corrected chi connectivity index (χ2v) is 7.43. The third-order valence-electron chi connectivity index (χ3n) is 4.33. The summed E-state index contributed by atoms with van der Waals surface area (Å²) < 4.78 is 0. The molecular weight excluding hydrogens is 395 g/mol. The molecular formula is C22H20Cl2N2S. The van der Waals surface area contributed by atoms with Crippen molar-refractivity contribution in [3.05, 3.63) is 106 Å². The number of halogens is 2. The Morgan fingerprint density at radius 1 is 0.815 bits per heavy atom. The minimum atomic E-state index is 0.214. The third-order valence-corrected chi connectivity index (χ3v) is 5.20. The van der Waals surface area contributed by atoms with E-state index in [4.69, 9.17) is 35.4 Å². The highest BCUT2D eigenvalue weighted by atomic mass is 35.5. The molecule has 0 aromatic heterocycles. The van der Waals surface area contributed by atoms with Gasteiger partial charge < -0.3 is 10.6 Å². The van der Waals surface area contributed by atoms with Gasteiger partial charge in [0, 0.05) is 29.1 Å². The van der Waals surface area contributed by atoms with Crippen LogP contribution in [0.15, 0.2) is 78.9 Å². The van der Waals surface area contributed by atoms with Crippen LogP contribution < -0.4 is 10.6 Å².